The first kappa shape index (κ1) is 19.4. The number of esters is 1. The van der Waals surface area contributed by atoms with Gasteiger partial charge < -0.3 is 10.1 Å². The van der Waals surface area contributed by atoms with E-state index in [2.05, 4.69) is 5.32 Å². The second-order valence-electron chi connectivity index (χ2n) is 6.26. The van der Waals surface area contributed by atoms with Crippen LogP contribution in [0.2, 0.25) is 5.02 Å². The predicted octanol–water partition coefficient (Wildman–Crippen LogP) is 5.29. The number of ether oxygens (including phenoxy) is 1. The minimum atomic E-state index is -0.584. The predicted molar refractivity (Wildman–Crippen MR) is 109 cm³/mol. The summed E-state index contributed by atoms with van der Waals surface area (Å²) in [4.78, 5) is 24.9. The number of thiophene rings is 1. The van der Waals surface area contributed by atoms with E-state index in [9.17, 15) is 9.59 Å². The van der Waals surface area contributed by atoms with E-state index in [1.165, 1.54) is 11.3 Å². The van der Waals surface area contributed by atoms with Crippen molar-refractivity contribution in [3.63, 3.8) is 0 Å². The highest BCUT2D eigenvalue weighted by Crippen LogP contribution is 2.35. The highest BCUT2D eigenvalue weighted by Gasteiger charge is 2.20. The molecule has 0 saturated heterocycles. The summed E-state index contributed by atoms with van der Waals surface area (Å²) in [6.45, 7) is 3.67. The van der Waals surface area contributed by atoms with Crippen molar-refractivity contribution in [2.24, 2.45) is 0 Å². The molecule has 0 unspecified atom stereocenters. The highest BCUT2D eigenvalue weighted by molar-refractivity contribution is 7.21. The van der Waals surface area contributed by atoms with E-state index in [4.69, 9.17) is 16.3 Å². The zero-order valence-corrected chi connectivity index (χ0v) is 16.7. The molecule has 0 aliphatic heterocycles. The maximum atomic E-state index is 12.3. The van der Waals surface area contributed by atoms with E-state index >= 15 is 0 Å². The van der Waals surface area contributed by atoms with Gasteiger partial charge in [-0.15, -0.1) is 11.3 Å². The van der Waals surface area contributed by atoms with Gasteiger partial charge in [0.25, 0.3) is 5.91 Å². The van der Waals surface area contributed by atoms with E-state index < -0.39 is 5.97 Å². The highest BCUT2D eigenvalue weighted by atomic mass is 35.5. The monoisotopic (exact) mass is 401 g/mol. The van der Waals surface area contributed by atoms with Crippen molar-refractivity contribution in [1.29, 1.82) is 0 Å². The van der Waals surface area contributed by atoms with Gasteiger partial charge in [-0.2, -0.15) is 0 Å². The van der Waals surface area contributed by atoms with Crippen molar-refractivity contribution in [2.75, 3.05) is 6.61 Å². The van der Waals surface area contributed by atoms with E-state index in [-0.39, 0.29) is 18.6 Å². The summed E-state index contributed by atoms with van der Waals surface area (Å²) < 4.78 is 6.08. The fraction of sp³-hybridized carbons (Fsp3) is 0.238. The third-order valence-electron chi connectivity index (χ3n) is 4.28. The molecule has 0 bridgehead atoms. The molecular weight excluding hydrogens is 382 g/mol. The smallest absolute Gasteiger partial charge is 0.350 e. The molecule has 0 fully saturated rings. The molecule has 0 saturated carbocycles. The lowest BCUT2D eigenvalue weighted by atomic mass is 10.0. The van der Waals surface area contributed by atoms with E-state index in [0.717, 1.165) is 27.6 Å². The lowest BCUT2D eigenvalue weighted by Gasteiger charge is -2.17. The number of hydrogen-bond acceptors (Lipinski definition) is 4. The fourth-order valence-corrected chi connectivity index (χ4v) is 4.20. The van der Waals surface area contributed by atoms with Crippen molar-refractivity contribution in [1.82, 2.24) is 5.32 Å². The second-order valence-corrected chi connectivity index (χ2v) is 7.69. The summed E-state index contributed by atoms with van der Waals surface area (Å²) in [7, 11) is 0. The molecule has 0 radical (unpaired) electrons. The van der Waals surface area contributed by atoms with Gasteiger partial charge in [0.15, 0.2) is 6.61 Å². The molecule has 0 spiro atoms. The van der Waals surface area contributed by atoms with E-state index in [1.54, 1.807) is 0 Å². The van der Waals surface area contributed by atoms with E-state index in [1.807, 2.05) is 62.4 Å². The quantitative estimate of drug-likeness (QED) is 0.571. The molecule has 0 aliphatic rings. The first-order chi connectivity index (χ1) is 13.0. The first-order valence-corrected chi connectivity index (χ1v) is 9.89. The van der Waals surface area contributed by atoms with Crippen LogP contribution in [-0.2, 0) is 9.53 Å². The SMILES string of the molecule is CC[C@@H](NC(=O)COC(=O)c1sc2ccccc2c1Cl)c1ccc(C)cc1. The molecule has 27 heavy (non-hydrogen) atoms. The van der Waals surface area contributed by atoms with Crippen molar-refractivity contribution in [3.8, 4) is 0 Å². The number of hydrogen-bond donors (Lipinski definition) is 1. The van der Waals surface area contributed by atoms with Crippen LogP contribution in [0, 0.1) is 6.92 Å². The molecule has 1 N–H and O–H groups in total. The lowest BCUT2D eigenvalue weighted by molar-refractivity contribution is -0.125. The molecule has 2 aromatic carbocycles. The van der Waals surface area contributed by atoms with Crippen LogP contribution in [-0.4, -0.2) is 18.5 Å². The molecule has 1 atom stereocenters. The Kier molecular flexibility index (Phi) is 6.14. The molecule has 4 nitrogen and oxygen atoms in total. The Balaban J connectivity index is 1.61. The van der Waals surface area contributed by atoms with Crippen molar-refractivity contribution in [2.45, 2.75) is 26.3 Å². The fourth-order valence-electron chi connectivity index (χ4n) is 2.80. The number of nitrogens with one attached hydrogen (secondary N) is 1. The zero-order valence-electron chi connectivity index (χ0n) is 15.1. The summed E-state index contributed by atoms with van der Waals surface area (Å²) >= 11 is 7.54. The van der Waals surface area contributed by atoms with Crippen LogP contribution in [0.1, 0.15) is 40.2 Å². The standard InChI is InChI=1S/C21H20ClNO3S/c1-3-16(14-10-8-13(2)9-11-14)23-18(24)12-26-21(25)20-19(22)15-6-4-5-7-17(15)27-20/h4-11,16H,3,12H2,1-2H3,(H,23,24)/t16-/m1/s1. The molecule has 0 aliphatic carbocycles. The Hall–Kier alpha value is -2.37. The van der Waals surface area contributed by atoms with Crippen molar-refractivity contribution >= 4 is 44.9 Å². The molecular formula is C21H20ClNO3S. The number of benzene rings is 2. The van der Waals surface area contributed by atoms with Gasteiger partial charge in [0.05, 0.1) is 11.1 Å². The zero-order chi connectivity index (χ0) is 19.4. The normalized spacial score (nSPS) is 12.0. The van der Waals surface area contributed by atoms with Crippen LogP contribution in [0.3, 0.4) is 0 Å². The third-order valence-corrected chi connectivity index (χ3v) is 5.93. The summed E-state index contributed by atoms with van der Waals surface area (Å²) in [6, 6.07) is 15.4. The van der Waals surface area contributed by atoms with E-state index in [0.29, 0.717) is 9.90 Å². The van der Waals surface area contributed by atoms with Gasteiger partial charge in [-0.1, -0.05) is 66.6 Å². The summed E-state index contributed by atoms with van der Waals surface area (Å²) in [6.07, 6.45) is 0.741. The molecule has 1 aromatic heterocycles. The molecule has 1 amide bonds. The molecule has 1 heterocycles. The number of carbonyl (C=O) groups excluding carboxylic acids is 2. The van der Waals surface area contributed by atoms with Crippen LogP contribution in [0.4, 0.5) is 0 Å². The van der Waals surface area contributed by atoms with Crippen LogP contribution >= 0.6 is 22.9 Å². The number of fused-ring (bicyclic) bond motifs is 1. The van der Waals surface area contributed by atoms with Gasteiger partial charge in [-0.25, -0.2) is 4.79 Å². The van der Waals surface area contributed by atoms with Gasteiger partial charge in [0.1, 0.15) is 4.88 Å². The van der Waals surface area contributed by atoms with Gasteiger partial charge in [-0.05, 0) is 25.0 Å². The maximum Gasteiger partial charge on any atom is 0.350 e. The minimum absolute atomic E-state index is 0.121. The van der Waals surface area contributed by atoms with Gasteiger partial charge in [0.2, 0.25) is 0 Å². The van der Waals surface area contributed by atoms with Crippen molar-refractivity contribution < 1.29 is 14.3 Å². The Morgan fingerprint density at radius 1 is 1.15 bits per heavy atom. The Morgan fingerprint density at radius 2 is 1.85 bits per heavy atom. The number of aryl methyl sites for hydroxylation is 1. The topological polar surface area (TPSA) is 55.4 Å². The van der Waals surface area contributed by atoms with Crippen LogP contribution in [0.15, 0.2) is 48.5 Å². The second kappa shape index (κ2) is 8.55. The van der Waals surface area contributed by atoms with Crippen LogP contribution < -0.4 is 5.32 Å². The molecule has 140 valence electrons. The summed E-state index contributed by atoms with van der Waals surface area (Å²) in [5, 5.41) is 4.08. The van der Waals surface area contributed by atoms with Gasteiger partial charge in [0, 0.05) is 10.1 Å². The molecule has 3 rings (SSSR count). The summed E-state index contributed by atoms with van der Waals surface area (Å²) in [5.41, 5.74) is 2.18. The van der Waals surface area contributed by atoms with Crippen LogP contribution in [0.5, 0.6) is 0 Å². The third kappa shape index (κ3) is 4.49. The number of rotatable bonds is 6. The lowest BCUT2D eigenvalue weighted by Crippen LogP contribution is -2.32. The molecule has 3 aromatic rings. The largest absolute Gasteiger partial charge is 0.451 e. The maximum absolute atomic E-state index is 12.3. The average molecular weight is 402 g/mol. The van der Waals surface area contributed by atoms with Gasteiger partial charge in [-0.3, -0.25) is 4.79 Å². The number of carbonyl (C=O) groups is 2. The number of amides is 1. The number of halogens is 1. The Morgan fingerprint density at radius 3 is 2.52 bits per heavy atom. The van der Waals surface area contributed by atoms with Crippen LogP contribution in [0.25, 0.3) is 10.1 Å². The molecule has 6 heteroatoms. The first-order valence-electron chi connectivity index (χ1n) is 8.69. The Bertz CT molecular complexity index is 965. The average Bonchev–Trinajstić information content (AvgIpc) is 3.02. The Labute approximate surface area is 167 Å². The van der Waals surface area contributed by atoms with Gasteiger partial charge >= 0.3 is 5.97 Å². The summed E-state index contributed by atoms with van der Waals surface area (Å²) in [5.74, 6) is -0.923. The minimum Gasteiger partial charge on any atom is -0.451 e. The van der Waals surface area contributed by atoms with Crippen molar-refractivity contribution in [3.05, 3.63) is 69.6 Å².